The number of aromatic nitrogens is 1. The van der Waals surface area contributed by atoms with Gasteiger partial charge in [0.2, 0.25) is 0 Å². The number of pyridine rings is 1. The number of rotatable bonds is 1. The minimum atomic E-state index is 1.01. The van der Waals surface area contributed by atoms with E-state index >= 15 is 0 Å². The van der Waals surface area contributed by atoms with Gasteiger partial charge in [-0.05, 0) is 41.1 Å². The van der Waals surface area contributed by atoms with Crippen LogP contribution in [-0.4, -0.2) is 4.98 Å². The highest BCUT2D eigenvalue weighted by atomic mass is 14.7. The molecular weight excluding hydrogens is 194 g/mol. The molecule has 0 fully saturated rings. The molecule has 0 bridgehead atoms. The molecule has 0 amide bonds. The van der Waals surface area contributed by atoms with E-state index in [0.29, 0.717) is 0 Å². The second-order valence-electron chi connectivity index (χ2n) is 3.70. The van der Waals surface area contributed by atoms with Crippen molar-refractivity contribution < 1.29 is 0 Å². The summed E-state index contributed by atoms with van der Waals surface area (Å²) in [4.78, 5) is 4.35. The highest BCUT2D eigenvalue weighted by molar-refractivity contribution is 5.86. The molecule has 1 nitrogen and oxygen atoms in total. The lowest BCUT2D eigenvalue weighted by atomic mass is 10.0. The van der Waals surface area contributed by atoms with Crippen molar-refractivity contribution in [3.8, 4) is 11.3 Å². The Bertz CT molecular complexity index is 614. The van der Waals surface area contributed by atoms with Crippen LogP contribution in [0.5, 0.6) is 0 Å². The molecule has 3 aromatic rings. The first kappa shape index (κ1) is 9.10. The average molecular weight is 204 g/mol. The van der Waals surface area contributed by atoms with Crippen LogP contribution in [0.1, 0.15) is 0 Å². The van der Waals surface area contributed by atoms with E-state index in [0.717, 1.165) is 11.3 Å². The van der Waals surface area contributed by atoms with Crippen molar-refractivity contribution in [1.82, 2.24) is 4.98 Å². The van der Waals surface area contributed by atoms with Crippen LogP contribution < -0.4 is 0 Å². The van der Waals surface area contributed by atoms with Crippen LogP contribution in [0, 0.1) is 6.07 Å². The monoisotopic (exact) mass is 204 g/mol. The molecule has 0 aliphatic carbocycles. The molecule has 2 aromatic carbocycles. The molecule has 0 spiro atoms. The van der Waals surface area contributed by atoms with Crippen molar-refractivity contribution in [1.29, 1.82) is 0 Å². The topological polar surface area (TPSA) is 12.9 Å². The lowest BCUT2D eigenvalue weighted by Crippen LogP contribution is -1.81. The summed E-state index contributed by atoms with van der Waals surface area (Å²) < 4.78 is 0. The zero-order chi connectivity index (χ0) is 10.8. The van der Waals surface area contributed by atoms with Crippen LogP contribution in [0.4, 0.5) is 0 Å². The van der Waals surface area contributed by atoms with Crippen molar-refractivity contribution in [3.05, 3.63) is 66.9 Å². The predicted octanol–water partition coefficient (Wildman–Crippen LogP) is 3.70. The molecular formula is C15H10N. The molecule has 0 unspecified atom stereocenters. The third-order valence-electron chi connectivity index (χ3n) is 2.65. The maximum Gasteiger partial charge on any atom is 0.0702 e. The summed E-state index contributed by atoms with van der Waals surface area (Å²) in [6.45, 7) is 0. The molecule has 0 saturated heterocycles. The quantitative estimate of drug-likeness (QED) is 0.589. The van der Waals surface area contributed by atoms with Crippen LogP contribution in [0.2, 0.25) is 0 Å². The van der Waals surface area contributed by atoms with Gasteiger partial charge in [0.05, 0.1) is 5.69 Å². The minimum Gasteiger partial charge on any atom is -0.256 e. The molecule has 0 aliphatic rings. The number of benzene rings is 2. The Morgan fingerprint density at radius 1 is 0.938 bits per heavy atom. The largest absolute Gasteiger partial charge is 0.256 e. The van der Waals surface area contributed by atoms with Gasteiger partial charge < -0.3 is 0 Å². The predicted molar refractivity (Wildman–Crippen MR) is 66.0 cm³/mol. The van der Waals surface area contributed by atoms with Gasteiger partial charge in [-0.1, -0.05) is 30.3 Å². The number of nitrogens with zero attached hydrogens (tertiary/aromatic N) is 1. The Kier molecular flexibility index (Phi) is 2.15. The molecule has 1 radical (unpaired) electrons. The smallest absolute Gasteiger partial charge is 0.0702 e. The van der Waals surface area contributed by atoms with E-state index in [2.05, 4.69) is 35.3 Å². The van der Waals surface area contributed by atoms with E-state index in [9.17, 15) is 0 Å². The van der Waals surface area contributed by atoms with Crippen molar-refractivity contribution in [2.75, 3.05) is 0 Å². The van der Waals surface area contributed by atoms with Gasteiger partial charge >= 0.3 is 0 Å². The highest BCUT2D eigenvalue weighted by Gasteiger charge is 1.99. The maximum absolute atomic E-state index is 4.35. The second kappa shape index (κ2) is 3.78. The normalized spacial score (nSPS) is 10.5. The average Bonchev–Trinajstić information content (AvgIpc) is 2.39. The molecule has 0 atom stereocenters. The van der Waals surface area contributed by atoms with Crippen LogP contribution in [0.3, 0.4) is 0 Å². The number of fused-ring (bicyclic) bond motifs is 1. The molecule has 0 N–H and O–H groups in total. The fourth-order valence-electron chi connectivity index (χ4n) is 1.82. The zero-order valence-corrected chi connectivity index (χ0v) is 8.72. The van der Waals surface area contributed by atoms with E-state index in [4.69, 9.17) is 0 Å². The third kappa shape index (κ3) is 1.57. The van der Waals surface area contributed by atoms with Gasteiger partial charge in [-0.2, -0.15) is 0 Å². The highest BCUT2D eigenvalue weighted by Crippen LogP contribution is 2.22. The summed E-state index contributed by atoms with van der Waals surface area (Å²) in [5, 5.41) is 2.43. The third-order valence-corrected chi connectivity index (χ3v) is 2.65. The van der Waals surface area contributed by atoms with E-state index in [1.165, 1.54) is 10.8 Å². The SMILES string of the molecule is [c]1ccc2ccc(-c3ccccn3)cc2c1. The van der Waals surface area contributed by atoms with Gasteiger partial charge in [-0.3, -0.25) is 4.98 Å². The van der Waals surface area contributed by atoms with Crippen LogP contribution in [-0.2, 0) is 0 Å². The summed E-state index contributed by atoms with van der Waals surface area (Å²) >= 11 is 0. The molecule has 0 aliphatic heterocycles. The van der Waals surface area contributed by atoms with E-state index < -0.39 is 0 Å². The Hall–Kier alpha value is -2.15. The Labute approximate surface area is 94.4 Å². The standard InChI is InChI=1S/C15H10N/c1-2-6-13-11-14(9-8-12(13)5-1)15-7-3-4-10-16-15/h1,3-11H. The Balaban J connectivity index is 2.19. The molecule has 1 heterocycles. The lowest BCUT2D eigenvalue weighted by molar-refractivity contribution is 1.33. The lowest BCUT2D eigenvalue weighted by Gasteiger charge is -2.02. The number of hydrogen-bond acceptors (Lipinski definition) is 1. The summed E-state index contributed by atoms with van der Waals surface area (Å²) in [6, 6.07) is 21.4. The van der Waals surface area contributed by atoms with Crippen molar-refractivity contribution in [3.63, 3.8) is 0 Å². The molecule has 3 rings (SSSR count). The zero-order valence-electron chi connectivity index (χ0n) is 8.72. The molecule has 1 heteroatoms. The van der Waals surface area contributed by atoms with Crippen LogP contribution >= 0.6 is 0 Å². The number of hydrogen-bond donors (Lipinski definition) is 0. The van der Waals surface area contributed by atoms with E-state index in [1.54, 1.807) is 0 Å². The van der Waals surface area contributed by atoms with Gasteiger partial charge in [0.25, 0.3) is 0 Å². The first-order chi connectivity index (χ1) is 7.93. The van der Waals surface area contributed by atoms with E-state index in [1.807, 2.05) is 36.5 Å². The Morgan fingerprint density at radius 3 is 2.81 bits per heavy atom. The van der Waals surface area contributed by atoms with Gasteiger partial charge in [-0.25, -0.2) is 0 Å². The van der Waals surface area contributed by atoms with Gasteiger partial charge in [0.15, 0.2) is 0 Å². The first-order valence-corrected chi connectivity index (χ1v) is 5.25. The fraction of sp³-hybridized carbons (Fsp3) is 0. The molecule has 75 valence electrons. The molecule has 16 heavy (non-hydrogen) atoms. The van der Waals surface area contributed by atoms with Crippen molar-refractivity contribution in [2.24, 2.45) is 0 Å². The van der Waals surface area contributed by atoms with Crippen LogP contribution in [0.25, 0.3) is 22.0 Å². The summed E-state index contributed by atoms with van der Waals surface area (Å²) in [5.41, 5.74) is 2.15. The summed E-state index contributed by atoms with van der Waals surface area (Å²) in [7, 11) is 0. The van der Waals surface area contributed by atoms with E-state index in [-0.39, 0.29) is 0 Å². The Morgan fingerprint density at radius 2 is 1.94 bits per heavy atom. The summed E-state index contributed by atoms with van der Waals surface area (Å²) in [5.74, 6) is 0. The van der Waals surface area contributed by atoms with Crippen molar-refractivity contribution >= 4 is 10.8 Å². The first-order valence-electron chi connectivity index (χ1n) is 5.25. The van der Waals surface area contributed by atoms with Crippen LogP contribution in [0.15, 0.2) is 60.8 Å². The molecule has 1 aromatic heterocycles. The van der Waals surface area contributed by atoms with Crippen molar-refractivity contribution in [2.45, 2.75) is 0 Å². The van der Waals surface area contributed by atoms with Gasteiger partial charge in [0, 0.05) is 11.8 Å². The maximum atomic E-state index is 4.35. The van der Waals surface area contributed by atoms with Gasteiger partial charge in [0.1, 0.15) is 0 Å². The minimum absolute atomic E-state index is 1.01. The summed E-state index contributed by atoms with van der Waals surface area (Å²) in [6.07, 6.45) is 1.82. The second-order valence-corrected chi connectivity index (χ2v) is 3.70. The fourth-order valence-corrected chi connectivity index (χ4v) is 1.82. The van der Waals surface area contributed by atoms with Gasteiger partial charge in [-0.15, -0.1) is 0 Å². The molecule has 0 saturated carbocycles.